The van der Waals surface area contributed by atoms with Crippen LogP contribution in [0.25, 0.3) is 10.9 Å². The number of benzene rings is 1. The van der Waals surface area contributed by atoms with Crippen LogP contribution in [0.5, 0.6) is 0 Å². The van der Waals surface area contributed by atoms with Gasteiger partial charge in [-0.25, -0.2) is 4.39 Å². The van der Waals surface area contributed by atoms with Crippen LogP contribution in [0.1, 0.15) is 10.5 Å². The summed E-state index contributed by atoms with van der Waals surface area (Å²) in [5.41, 5.74) is -0.493. The summed E-state index contributed by atoms with van der Waals surface area (Å²) in [6.07, 6.45) is 1.65. The van der Waals surface area contributed by atoms with E-state index in [2.05, 4.69) is 15.5 Å². The van der Waals surface area contributed by atoms with Crippen molar-refractivity contribution < 1.29 is 9.18 Å². The van der Waals surface area contributed by atoms with E-state index >= 15 is 0 Å². The number of amides is 1. The number of halogens is 1. The lowest BCUT2D eigenvalue weighted by atomic mass is 10.2. The van der Waals surface area contributed by atoms with Crippen LogP contribution in [0.3, 0.4) is 0 Å². The lowest BCUT2D eigenvalue weighted by Crippen LogP contribution is -2.26. The zero-order chi connectivity index (χ0) is 15.9. The highest BCUT2D eigenvalue weighted by Crippen LogP contribution is 2.11. The average molecular weight is 301 g/mol. The van der Waals surface area contributed by atoms with Gasteiger partial charge >= 0.3 is 0 Å². The van der Waals surface area contributed by atoms with Gasteiger partial charge in [-0.2, -0.15) is 10.2 Å². The van der Waals surface area contributed by atoms with Gasteiger partial charge in [0.05, 0.1) is 10.9 Å². The number of carbonyl (C=O) groups excluding carboxylic acids is 1. The standard InChI is InChI=1S/C14H12FN5O2/c1-19-6-5-11(17-19)16-14(22)12-13(21)9-7-8(15)3-4-10(9)20(2)18-12/h3-7H,1-2H3,(H,16,17,22). The molecule has 0 spiro atoms. The summed E-state index contributed by atoms with van der Waals surface area (Å²) in [7, 11) is 3.28. The molecule has 0 aliphatic heterocycles. The molecule has 0 saturated carbocycles. The molecule has 112 valence electrons. The Labute approximate surface area is 124 Å². The van der Waals surface area contributed by atoms with Gasteiger partial charge < -0.3 is 5.32 Å². The molecule has 0 unspecified atom stereocenters. The molecule has 1 aromatic carbocycles. The van der Waals surface area contributed by atoms with Crippen LogP contribution in [-0.2, 0) is 14.1 Å². The Hall–Kier alpha value is -3.03. The molecule has 2 heterocycles. The number of rotatable bonds is 2. The van der Waals surface area contributed by atoms with E-state index in [9.17, 15) is 14.0 Å². The topological polar surface area (TPSA) is 81.8 Å². The minimum absolute atomic E-state index is 0.101. The van der Waals surface area contributed by atoms with Gasteiger partial charge in [-0.1, -0.05) is 0 Å². The lowest BCUT2D eigenvalue weighted by Gasteiger charge is -2.07. The molecule has 2 aromatic heterocycles. The third kappa shape index (κ3) is 2.34. The molecule has 0 bridgehead atoms. The second-order valence-electron chi connectivity index (χ2n) is 4.79. The van der Waals surface area contributed by atoms with Crippen LogP contribution in [0, 0.1) is 5.82 Å². The number of anilines is 1. The molecule has 1 N–H and O–H groups in total. The highest BCUT2D eigenvalue weighted by Gasteiger charge is 2.17. The van der Waals surface area contributed by atoms with Crippen molar-refractivity contribution in [3.05, 3.63) is 52.2 Å². The Kier molecular flexibility index (Phi) is 3.21. The fraction of sp³-hybridized carbons (Fsp3) is 0.143. The molecule has 3 rings (SSSR count). The molecule has 7 nitrogen and oxygen atoms in total. The summed E-state index contributed by atoms with van der Waals surface area (Å²) in [6, 6.07) is 5.36. The summed E-state index contributed by atoms with van der Waals surface area (Å²) in [5, 5.41) is 10.5. The van der Waals surface area contributed by atoms with Crippen molar-refractivity contribution in [3.63, 3.8) is 0 Å². The van der Waals surface area contributed by atoms with Gasteiger partial charge in [-0.15, -0.1) is 0 Å². The van der Waals surface area contributed by atoms with Crippen molar-refractivity contribution in [2.45, 2.75) is 0 Å². The van der Waals surface area contributed by atoms with Gasteiger partial charge in [0.15, 0.2) is 11.5 Å². The Bertz CT molecular complexity index is 944. The zero-order valence-corrected chi connectivity index (χ0v) is 11.9. The second kappa shape index (κ2) is 5.06. The molecular formula is C14H12FN5O2. The molecule has 0 atom stereocenters. The maximum Gasteiger partial charge on any atom is 0.281 e. The molecular weight excluding hydrogens is 289 g/mol. The first-order chi connectivity index (χ1) is 10.5. The maximum absolute atomic E-state index is 13.3. The smallest absolute Gasteiger partial charge is 0.281 e. The van der Waals surface area contributed by atoms with Gasteiger partial charge in [-0.3, -0.25) is 19.0 Å². The summed E-state index contributed by atoms with van der Waals surface area (Å²) in [5.74, 6) is -0.937. The van der Waals surface area contributed by atoms with Crippen LogP contribution in [0.2, 0.25) is 0 Å². The highest BCUT2D eigenvalue weighted by atomic mass is 19.1. The van der Waals surface area contributed by atoms with Crippen molar-refractivity contribution >= 4 is 22.6 Å². The number of nitrogens with one attached hydrogen (secondary N) is 1. The summed E-state index contributed by atoms with van der Waals surface area (Å²) in [4.78, 5) is 24.5. The van der Waals surface area contributed by atoms with E-state index in [0.717, 1.165) is 6.07 Å². The maximum atomic E-state index is 13.3. The largest absolute Gasteiger partial charge is 0.304 e. The Morgan fingerprint density at radius 2 is 2.00 bits per heavy atom. The molecule has 0 aliphatic rings. The number of aryl methyl sites for hydroxylation is 2. The third-order valence-electron chi connectivity index (χ3n) is 3.19. The number of hydrogen-bond acceptors (Lipinski definition) is 4. The van der Waals surface area contributed by atoms with E-state index in [1.807, 2.05) is 0 Å². The van der Waals surface area contributed by atoms with E-state index in [-0.39, 0.29) is 11.1 Å². The number of aromatic nitrogens is 4. The van der Waals surface area contributed by atoms with Crippen molar-refractivity contribution in [2.75, 3.05) is 5.32 Å². The van der Waals surface area contributed by atoms with Crippen LogP contribution in [0.15, 0.2) is 35.3 Å². The van der Waals surface area contributed by atoms with Gasteiger partial charge in [0.1, 0.15) is 5.82 Å². The van der Waals surface area contributed by atoms with Gasteiger partial charge in [-0.05, 0) is 18.2 Å². The van der Waals surface area contributed by atoms with Crippen molar-refractivity contribution in [1.29, 1.82) is 0 Å². The second-order valence-corrected chi connectivity index (χ2v) is 4.79. The van der Waals surface area contributed by atoms with Crippen LogP contribution >= 0.6 is 0 Å². The summed E-state index contributed by atoms with van der Waals surface area (Å²) in [6.45, 7) is 0. The zero-order valence-electron chi connectivity index (χ0n) is 11.9. The summed E-state index contributed by atoms with van der Waals surface area (Å²) < 4.78 is 16.2. The van der Waals surface area contributed by atoms with Crippen molar-refractivity contribution in [2.24, 2.45) is 14.1 Å². The molecule has 0 radical (unpaired) electrons. The molecule has 0 fully saturated rings. The minimum Gasteiger partial charge on any atom is -0.304 e. The first kappa shape index (κ1) is 13.9. The van der Waals surface area contributed by atoms with Crippen LogP contribution in [0.4, 0.5) is 10.2 Å². The third-order valence-corrected chi connectivity index (χ3v) is 3.19. The molecule has 0 saturated heterocycles. The Morgan fingerprint density at radius 3 is 2.68 bits per heavy atom. The quantitative estimate of drug-likeness (QED) is 0.767. The monoisotopic (exact) mass is 301 g/mol. The van der Waals surface area contributed by atoms with Gasteiger partial charge in [0.2, 0.25) is 5.43 Å². The van der Waals surface area contributed by atoms with E-state index in [1.54, 1.807) is 26.4 Å². The van der Waals surface area contributed by atoms with Crippen LogP contribution < -0.4 is 10.7 Å². The number of fused-ring (bicyclic) bond motifs is 1. The fourth-order valence-electron chi connectivity index (χ4n) is 2.15. The minimum atomic E-state index is -0.689. The SMILES string of the molecule is Cn1ccc(NC(=O)c2nn(C)c3ccc(F)cc3c2=O)n1. The van der Waals surface area contributed by atoms with Gasteiger partial charge in [0, 0.05) is 26.4 Å². The average Bonchev–Trinajstić information content (AvgIpc) is 2.87. The van der Waals surface area contributed by atoms with E-state index < -0.39 is 17.2 Å². The fourth-order valence-corrected chi connectivity index (χ4v) is 2.15. The number of carbonyl (C=O) groups is 1. The molecule has 1 amide bonds. The van der Waals surface area contributed by atoms with E-state index in [0.29, 0.717) is 11.3 Å². The molecule has 0 aliphatic carbocycles. The highest BCUT2D eigenvalue weighted by molar-refractivity contribution is 6.03. The summed E-state index contributed by atoms with van der Waals surface area (Å²) >= 11 is 0. The van der Waals surface area contributed by atoms with Crippen LogP contribution in [-0.4, -0.2) is 25.5 Å². The predicted molar refractivity (Wildman–Crippen MR) is 78.1 cm³/mol. The number of nitrogens with zero attached hydrogens (tertiary/aromatic N) is 4. The molecule has 8 heteroatoms. The Balaban J connectivity index is 2.09. The van der Waals surface area contributed by atoms with Gasteiger partial charge in [0.25, 0.3) is 5.91 Å². The molecule has 3 aromatic rings. The molecule has 22 heavy (non-hydrogen) atoms. The first-order valence-electron chi connectivity index (χ1n) is 6.43. The lowest BCUT2D eigenvalue weighted by molar-refractivity contribution is 0.101. The van der Waals surface area contributed by atoms with E-state index in [4.69, 9.17) is 0 Å². The normalized spacial score (nSPS) is 10.9. The number of hydrogen-bond donors (Lipinski definition) is 1. The van der Waals surface area contributed by atoms with Crippen molar-refractivity contribution in [1.82, 2.24) is 19.6 Å². The Morgan fingerprint density at radius 1 is 1.23 bits per heavy atom. The first-order valence-corrected chi connectivity index (χ1v) is 6.43. The predicted octanol–water partition coefficient (Wildman–Crippen LogP) is 1.06. The van der Waals surface area contributed by atoms with Crippen molar-refractivity contribution in [3.8, 4) is 0 Å². The van der Waals surface area contributed by atoms with E-state index in [1.165, 1.54) is 21.5 Å².